The Kier molecular flexibility index (Phi) is 4.82. The van der Waals surface area contributed by atoms with Crippen LogP contribution in [0.25, 0.3) is 0 Å². The van der Waals surface area contributed by atoms with Crippen LogP contribution in [0.5, 0.6) is 0 Å². The van der Waals surface area contributed by atoms with Crippen LogP contribution in [0.4, 0.5) is 5.69 Å². The van der Waals surface area contributed by atoms with Gasteiger partial charge in [-0.3, -0.25) is 9.59 Å². The highest BCUT2D eigenvalue weighted by molar-refractivity contribution is 7.89. The Morgan fingerprint density at radius 1 is 1.32 bits per heavy atom. The first-order valence-electron chi connectivity index (χ1n) is 7.07. The van der Waals surface area contributed by atoms with E-state index in [1.165, 1.54) is 12.1 Å². The molecule has 0 aromatic heterocycles. The molecule has 2 rings (SSSR count). The van der Waals surface area contributed by atoms with E-state index in [0.29, 0.717) is 24.3 Å². The summed E-state index contributed by atoms with van der Waals surface area (Å²) < 4.78 is 26.8. The number of hydrogen-bond donors (Lipinski definition) is 2. The standard InChI is InChI=1S/C14H19N3O4S/c1-3-17(4-2)14(19)9-15-22(20,21)11-5-6-12-10(7-11)8-13(18)16-12/h5-7,15H,3-4,8-9H2,1-2H3,(H,16,18). The third-order valence-corrected chi connectivity index (χ3v) is 4.94. The maximum Gasteiger partial charge on any atom is 0.241 e. The summed E-state index contributed by atoms with van der Waals surface area (Å²) in [6.07, 6.45) is 0.164. The van der Waals surface area contributed by atoms with Crippen molar-refractivity contribution in [2.24, 2.45) is 0 Å². The number of carbonyl (C=O) groups is 2. The van der Waals surface area contributed by atoms with E-state index in [4.69, 9.17) is 0 Å². The van der Waals surface area contributed by atoms with Crippen molar-refractivity contribution in [2.75, 3.05) is 25.0 Å². The van der Waals surface area contributed by atoms with Crippen LogP contribution in [0.2, 0.25) is 0 Å². The van der Waals surface area contributed by atoms with Gasteiger partial charge in [-0.25, -0.2) is 13.1 Å². The molecule has 1 heterocycles. The number of rotatable bonds is 6. The Bertz CT molecular complexity index is 696. The van der Waals surface area contributed by atoms with Crippen molar-refractivity contribution in [1.29, 1.82) is 0 Å². The van der Waals surface area contributed by atoms with Crippen molar-refractivity contribution in [3.8, 4) is 0 Å². The zero-order valence-electron chi connectivity index (χ0n) is 12.5. The summed E-state index contributed by atoms with van der Waals surface area (Å²) in [6, 6.07) is 4.42. The fraction of sp³-hybridized carbons (Fsp3) is 0.429. The molecule has 0 aliphatic carbocycles. The number of fused-ring (bicyclic) bond motifs is 1. The molecule has 120 valence electrons. The van der Waals surface area contributed by atoms with Crippen LogP contribution < -0.4 is 10.0 Å². The highest BCUT2D eigenvalue weighted by atomic mass is 32.2. The van der Waals surface area contributed by atoms with Gasteiger partial charge in [-0.15, -0.1) is 0 Å². The average molecular weight is 325 g/mol. The molecule has 0 saturated carbocycles. The first-order chi connectivity index (χ1) is 10.4. The summed E-state index contributed by atoms with van der Waals surface area (Å²) in [5, 5.41) is 2.64. The minimum atomic E-state index is -3.78. The van der Waals surface area contributed by atoms with E-state index in [0.717, 1.165) is 0 Å². The Morgan fingerprint density at radius 2 is 2.00 bits per heavy atom. The van der Waals surface area contributed by atoms with Crippen LogP contribution in [-0.4, -0.2) is 44.8 Å². The van der Waals surface area contributed by atoms with E-state index in [1.807, 2.05) is 13.8 Å². The lowest BCUT2D eigenvalue weighted by Crippen LogP contribution is -2.39. The quantitative estimate of drug-likeness (QED) is 0.788. The van der Waals surface area contributed by atoms with E-state index in [1.54, 1.807) is 11.0 Å². The van der Waals surface area contributed by atoms with Crippen molar-refractivity contribution < 1.29 is 18.0 Å². The highest BCUT2D eigenvalue weighted by Crippen LogP contribution is 2.25. The number of hydrogen-bond acceptors (Lipinski definition) is 4. The molecule has 1 aromatic carbocycles. The Hall–Kier alpha value is -1.93. The summed E-state index contributed by atoms with van der Waals surface area (Å²) in [6.45, 7) is 4.45. The molecule has 0 radical (unpaired) electrons. The van der Waals surface area contributed by atoms with Gasteiger partial charge in [0.15, 0.2) is 0 Å². The van der Waals surface area contributed by atoms with Crippen LogP contribution >= 0.6 is 0 Å². The molecule has 22 heavy (non-hydrogen) atoms. The minimum absolute atomic E-state index is 0.0510. The summed E-state index contributed by atoms with van der Waals surface area (Å²) in [7, 11) is -3.78. The Labute approximate surface area is 129 Å². The predicted octanol–water partition coefficient (Wildman–Crippen LogP) is 0.328. The van der Waals surface area contributed by atoms with Crippen molar-refractivity contribution in [3.05, 3.63) is 23.8 Å². The van der Waals surface area contributed by atoms with Gasteiger partial charge in [0.05, 0.1) is 17.9 Å². The summed E-state index contributed by atoms with van der Waals surface area (Å²) in [5.74, 6) is -0.430. The molecule has 2 N–H and O–H groups in total. The van der Waals surface area contributed by atoms with Crippen LogP contribution in [0.15, 0.2) is 23.1 Å². The van der Waals surface area contributed by atoms with Gasteiger partial charge in [0, 0.05) is 18.8 Å². The molecule has 0 fully saturated rings. The van der Waals surface area contributed by atoms with Gasteiger partial charge in [-0.2, -0.15) is 0 Å². The Balaban J connectivity index is 2.10. The molecule has 8 heteroatoms. The van der Waals surface area contributed by atoms with Crippen molar-refractivity contribution in [3.63, 3.8) is 0 Å². The Morgan fingerprint density at radius 3 is 2.64 bits per heavy atom. The molecule has 2 amide bonds. The normalized spacial score (nSPS) is 13.6. The monoisotopic (exact) mass is 325 g/mol. The first-order valence-corrected chi connectivity index (χ1v) is 8.56. The fourth-order valence-corrected chi connectivity index (χ4v) is 3.33. The number of sulfonamides is 1. The minimum Gasteiger partial charge on any atom is -0.342 e. The zero-order chi connectivity index (χ0) is 16.3. The second-order valence-electron chi connectivity index (χ2n) is 4.93. The van der Waals surface area contributed by atoms with Gasteiger partial charge in [0.1, 0.15) is 0 Å². The summed E-state index contributed by atoms with van der Waals surface area (Å²) in [4.78, 5) is 24.7. The molecule has 0 spiro atoms. The number of carbonyl (C=O) groups excluding carboxylic acids is 2. The molecule has 7 nitrogen and oxygen atoms in total. The van der Waals surface area contributed by atoms with E-state index in [9.17, 15) is 18.0 Å². The highest BCUT2D eigenvalue weighted by Gasteiger charge is 2.22. The van der Waals surface area contributed by atoms with Crippen molar-refractivity contribution in [2.45, 2.75) is 25.2 Å². The van der Waals surface area contributed by atoms with Crippen LogP contribution in [0.3, 0.4) is 0 Å². The SMILES string of the molecule is CCN(CC)C(=O)CNS(=O)(=O)c1ccc2c(c1)CC(=O)N2. The number of benzene rings is 1. The third-order valence-electron chi connectivity index (χ3n) is 3.54. The summed E-state index contributed by atoms with van der Waals surface area (Å²) >= 11 is 0. The number of amides is 2. The van der Waals surface area contributed by atoms with Gasteiger partial charge < -0.3 is 10.2 Å². The maximum absolute atomic E-state index is 12.2. The molecule has 0 saturated heterocycles. The second-order valence-corrected chi connectivity index (χ2v) is 6.70. The van der Waals surface area contributed by atoms with E-state index in [-0.39, 0.29) is 29.7 Å². The molecule has 1 aliphatic heterocycles. The largest absolute Gasteiger partial charge is 0.342 e. The zero-order valence-corrected chi connectivity index (χ0v) is 13.4. The van der Waals surface area contributed by atoms with Gasteiger partial charge in [-0.1, -0.05) is 0 Å². The number of nitrogens with zero attached hydrogens (tertiary/aromatic N) is 1. The van der Waals surface area contributed by atoms with Crippen molar-refractivity contribution in [1.82, 2.24) is 9.62 Å². The average Bonchev–Trinajstić information content (AvgIpc) is 2.85. The smallest absolute Gasteiger partial charge is 0.241 e. The molecular formula is C14H19N3O4S. The van der Waals surface area contributed by atoms with Crippen LogP contribution in [0.1, 0.15) is 19.4 Å². The lowest BCUT2D eigenvalue weighted by Gasteiger charge is -2.18. The lowest BCUT2D eigenvalue weighted by molar-refractivity contribution is -0.129. The lowest BCUT2D eigenvalue weighted by atomic mass is 10.2. The maximum atomic E-state index is 12.2. The van der Waals surface area contributed by atoms with Gasteiger partial charge >= 0.3 is 0 Å². The molecule has 0 unspecified atom stereocenters. The molecule has 0 atom stereocenters. The van der Waals surface area contributed by atoms with Gasteiger partial charge in [-0.05, 0) is 37.6 Å². The number of nitrogens with one attached hydrogen (secondary N) is 2. The van der Waals surface area contributed by atoms with Crippen LogP contribution in [-0.2, 0) is 26.0 Å². The molecule has 0 bridgehead atoms. The third kappa shape index (κ3) is 3.45. The topological polar surface area (TPSA) is 95.6 Å². The van der Waals surface area contributed by atoms with Crippen molar-refractivity contribution >= 4 is 27.5 Å². The molecule has 1 aliphatic rings. The van der Waals surface area contributed by atoms with E-state index < -0.39 is 10.0 Å². The van der Waals surface area contributed by atoms with E-state index >= 15 is 0 Å². The second kappa shape index (κ2) is 6.45. The molecule has 1 aromatic rings. The number of anilines is 1. The molecular weight excluding hydrogens is 306 g/mol. The summed E-state index contributed by atoms with van der Waals surface area (Å²) in [5.41, 5.74) is 1.27. The fourth-order valence-electron chi connectivity index (χ4n) is 2.30. The van der Waals surface area contributed by atoms with E-state index in [2.05, 4.69) is 10.0 Å². The number of likely N-dealkylation sites (N-methyl/N-ethyl adjacent to an activating group) is 1. The first kappa shape index (κ1) is 16.4. The van der Waals surface area contributed by atoms with Gasteiger partial charge in [0.2, 0.25) is 21.8 Å². The van der Waals surface area contributed by atoms with Gasteiger partial charge in [0.25, 0.3) is 0 Å². The van der Waals surface area contributed by atoms with Crippen LogP contribution in [0, 0.1) is 0 Å². The predicted molar refractivity (Wildman–Crippen MR) is 81.9 cm³/mol.